The molecule has 6 nitrogen and oxygen atoms in total. The molecule has 0 aliphatic rings. The number of benzene rings is 2. The Kier molecular flexibility index (Phi) is 4.06. The minimum atomic E-state index is -0.0799. The first kappa shape index (κ1) is 16.2. The highest BCUT2D eigenvalue weighted by Crippen LogP contribution is 2.44. The van der Waals surface area contributed by atoms with Crippen molar-refractivity contribution in [1.82, 2.24) is 10.2 Å². The van der Waals surface area contributed by atoms with Gasteiger partial charge in [0.15, 0.2) is 11.5 Å². The monoisotopic (exact) mass is 366 g/mol. The zero-order chi connectivity index (χ0) is 18.1. The number of methoxy groups -OCH3 is 1. The van der Waals surface area contributed by atoms with Crippen LogP contribution in [0, 0.1) is 0 Å². The molecule has 0 saturated carbocycles. The molecular weight excluding hydrogens is 352 g/mol. The van der Waals surface area contributed by atoms with Gasteiger partial charge in [0, 0.05) is 0 Å². The number of thiophene rings is 1. The maximum Gasteiger partial charge on any atom is 0.252 e. The molecule has 4 rings (SSSR count). The van der Waals surface area contributed by atoms with Crippen LogP contribution in [-0.4, -0.2) is 27.5 Å². The van der Waals surface area contributed by atoms with Gasteiger partial charge in [0.1, 0.15) is 5.75 Å². The summed E-state index contributed by atoms with van der Waals surface area (Å²) in [7, 11) is 1.48. The smallest absolute Gasteiger partial charge is 0.252 e. The van der Waals surface area contributed by atoms with Crippen molar-refractivity contribution >= 4 is 11.3 Å². The molecule has 0 unspecified atom stereocenters. The molecule has 2 aromatic heterocycles. The van der Waals surface area contributed by atoms with Crippen LogP contribution in [0.15, 0.2) is 57.6 Å². The summed E-state index contributed by atoms with van der Waals surface area (Å²) in [6, 6.07) is 12.1. The van der Waals surface area contributed by atoms with Crippen molar-refractivity contribution in [3.63, 3.8) is 0 Å². The van der Waals surface area contributed by atoms with Crippen LogP contribution in [0.3, 0.4) is 0 Å². The van der Waals surface area contributed by atoms with Gasteiger partial charge in [0.2, 0.25) is 0 Å². The minimum Gasteiger partial charge on any atom is -0.507 e. The van der Waals surface area contributed by atoms with Crippen molar-refractivity contribution in [3.8, 4) is 51.3 Å². The van der Waals surface area contributed by atoms with Gasteiger partial charge in [-0.1, -0.05) is 12.1 Å². The molecule has 2 N–H and O–H groups in total. The number of phenols is 2. The number of nitrogens with zero attached hydrogens (tertiary/aromatic N) is 2. The van der Waals surface area contributed by atoms with Crippen LogP contribution in [-0.2, 0) is 0 Å². The van der Waals surface area contributed by atoms with Crippen LogP contribution in [0.4, 0.5) is 0 Å². The molecule has 4 aromatic rings. The number of phenolic OH excluding ortho intramolecular Hbond substituents is 2. The van der Waals surface area contributed by atoms with Crippen LogP contribution < -0.4 is 4.74 Å². The van der Waals surface area contributed by atoms with Gasteiger partial charge in [0.25, 0.3) is 11.8 Å². The third-order valence-corrected chi connectivity index (χ3v) is 4.65. The van der Waals surface area contributed by atoms with Gasteiger partial charge in [-0.05, 0) is 52.2 Å². The van der Waals surface area contributed by atoms with E-state index in [0.717, 1.165) is 11.1 Å². The summed E-state index contributed by atoms with van der Waals surface area (Å²) < 4.78 is 11.0. The second kappa shape index (κ2) is 6.53. The molecule has 130 valence electrons. The zero-order valence-electron chi connectivity index (χ0n) is 13.7. The minimum absolute atomic E-state index is 0.0376. The normalized spacial score (nSPS) is 10.8. The number of rotatable bonds is 4. The second-order valence-electron chi connectivity index (χ2n) is 5.48. The van der Waals surface area contributed by atoms with E-state index in [-0.39, 0.29) is 23.3 Å². The Bertz CT molecular complexity index is 1060. The van der Waals surface area contributed by atoms with E-state index in [1.54, 1.807) is 41.7 Å². The first-order chi connectivity index (χ1) is 12.7. The lowest BCUT2D eigenvalue weighted by atomic mass is 10.0. The first-order valence-corrected chi connectivity index (χ1v) is 8.68. The molecule has 0 fully saturated rings. The quantitative estimate of drug-likeness (QED) is 0.551. The molecule has 0 aliphatic carbocycles. The number of aromatic nitrogens is 2. The zero-order valence-corrected chi connectivity index (χ0v) is 14.5. The molecular formula is C19H14N2O4S. The van der Waals surface area contributed by atoms with Crippen LogP contribution >= 0.6 is 11.3 Å². The standard InChI is InChI=1S/C19H14N2O4S/c1-24-15-7-6-12(11-8-9-26-10-11)16(17(15)23)19-21-20-18(25-19)13-4-2-3-5-14(13)22/h2-10,22-23H,1H3. The lowest BCUT2D eigenvalue weighted by molar-refractivity contribution is 0.373. The highest BCUT2D eigenvalue weighted by molar-refractivity contribution is 7.08. The predicted molar refractivity (Wildman–Crippen MR) is 98.4 cm³/mol. The molecule has 0 saturated heterocycles. The van der Waals surface area contributed by atoms with E-state index in [1.165, 1.54) is 7.11 Å². The van der Waals surface area contributed by atoms with Gasteiger partial charge in [-0.3, -0.25) is 0 Å². The molecule has 0 bridgehead atoms. The number of para-hydroxylation sites is 1. The molecule has 7 heteroatoms. The highest BCUT2D eigenvalue weighted by atomic mass is 32.1. The number of hydrogen-bond acceptors (Lipinski definition) is 7. The maximum absolute atomic E-state index is 10.7. The average Bonchev–Trinajstić information content (AvgIpc) is 3.34. The van der Waals surface area contributed by atoms with Gasteiger partial charge in [-0.15, -0.1) is 10.2 Å². The summed E-state index contributed by atoms with van der Waals surface area (Å²) in [4.78, 5) is 0. The predicted octanol–water partition coefficient (Wildman–Crippen LogP) is 4.55. The summed E-state index contributed by atoms with van der Waals surface area (Å²) in [6.07, 6.45) is 0. The largest absolute Gasteiger partial charge is 0.507 e. The molecule has 2 heterocycles. The number of ether oxygens (including phenoxy) is 1. The fourth-order valence-electron chi connectivity index (χ4n) is 2.70. The van der Waals surface area contributed by atoms with Crippen LogP contribution in [0.1, 0.15) is 0 Å². The van der Waals surface area contributed by atoms with Gasteiger partial charge in [-0.25, -0.2) is 0 Å². The maximum atomic E-state index is 10.7. The van der Waals surface area contributed by atoms with Crippen molar-refractivity contribution in [3.05, 3.63) is 53.2 Å². The Morgan fingerprint density at radius 2 is 1.77 bits per heavy atom. The average molecular weight is 366 g/mol. The molecule has 0 radical (unpaired) electrons. The topological polar surface area (TPSA) is 88.6 Å². The molecule has 26 heavy (non-hydrogen) atoms. The van der Waals surface area contributed by atoms with Crippen LogP contribution in [0.25, 0.3) is 34.0 Å². The number of hydrogen-bond donors (Lipinski definition) is 2. The van der Waals surface area contributed by atoms with E-state index in [9.17, 15) is 10.2 Å². The molecule has 0 aliphatic heterocycles. The van der Waals surface area contributed by atoms with Gasteiger partial charge < -0.3 is 19.4 Å². The van der Waals surface area contributed by atoms with E-state index in [2.05, 4.69) is 10.2 Å². The Hall–Kier alpha value is -3.32. The van der Waals surface area contributed by atoms with E-state index in [4.69, 9.17) is 9.15 Å². The summed E-state index contributed by atoms with van der Waals surface area (Å²) >= 11 is 1.55. The van der Waals surface area contributed by atoms with Crippen molar-refractivity contribution in [2.24, 2.45) is 0 Å². The number of aromatic hydroxyl groups is 2. The lowest BCUT2D eigenvalue weighted by Crippen LogP contribution is -1.90. The SMILES string of the molecule is COc1ccc(-c2ccsc2)c(-c2nnc(-c3ccccc3O)o2)c1O. The Balaban J connectivity index is 1.89. The van der Waals surface area contributed by atoms with E-state index < -0.39 is 0 Å². The Labute approximate surface area is 153 Å². The summed E-state index contributed by atoms with van der Waals surface area (Å²) in [5, 5.41) is 32.6. The Morgan fingerprint density at radius 1 is 0.962 bits per heavy atom. The van der Waals surface area contributed by atoms with Gasteiger partial charge in [0.05, 0.1) is 18.2 Å². The second-order valence-corrected chi connectivity index (χ2v) is 6.26. The van der Waals surface area contributed by atoms with E-state index in [1.807, 2.05) is 22.9 Å². The Morgan fingerprint density at radius 3 is 2.50 bits per heavy atom. The fourth-order valence-corrected chi connectivity index (χ4v) is 3.36. The first-order valence-electron chi connectivity index (χ1n) is 7.74. The van der Waals surface area contributed by atoms with Crippen LogP contribution in [0.2, 0.25) is 0 Å². The van der Waals surface area contributed by atoms with Gasteiger partial charge in [-0.2, -0.15) is 11.3 Å². The summed E-state index contributed by atoms with van der Waals surface area (Å²) in [5.41, 5.74) is 2.48. The van der Waals surface area contributed by atoms with Crippen molar-refractivity contribution in [2.75, 3.05) is 7.11 Å². The van der Waals surface area contributed by atoms with E-state index >= 15 is 0 Å². The fraction of sp³-hybridized carbons (Fsp3) is 0.0526. The third-order valence-electron chi connectivity index (χ3n) is 3.97. The molecule has 2 aromatic carbocycles. The van der Waals surface area contributed by atoms with Crippen molar-refractivity contribution in [1.29, 1.82) is 0 Å². The third kappa shape index (κ3) is 2.68. The highest BCUT2D eigenvalue weighted by Gasteiger charge is 2.22. The van der Waals surface area contributed by atoms with Crippen molar-refractivity contribution in [2.45, 2.75) is 0 Å². The summed E-state index contributed by atoms with van der Waals surface area (Å²) in [6.45, 7) is 0. The lowest BCUT2D eigenvalue weighted by Gasteiger charge is -2.11. The van der Waals surface area contributed by atoms with E-state index in [0.29, 0.717) is 16.9 Å². The molecule has 0 spiro atoms. The van der Waals surface area contributed by atoms with Crippen LogP contribution in [0.5, 0.6) is 17.2 Å². The molecule has 0 amide bonds. The van der Waals surface area contributed by atoms with Gasteiger partial charge >= 0.3 is 0 Å². The molecule has 0 atom stereocenters. The van der Waals surface area contributed by atoms with Crippen molar-refractivity contribution < 1.29 is 19.4 Å². The summed E-state index contributed by atoms with van der Waals surface area (Å²) in [5.74, 6) is 0.568.